The minimum Gasteiger partial charge on any atom is -0.508 e. The van der Waals surface area contributed by atoms with Gasteiger partial charge >= 0.3 is 13.8 Å². The van der Waals surface area contributed by atoms with E-state index in [-0.39, 0.29) is 62.7 Å². The zero-order chi connectivity index (χ0) is 36.7. The number of nitrogens with zero attached hydrogens (tertiary/aromatic N) is 4. The molecule has 0 radical (unpaired) electrons. The van der Waals surface area contributed by atoms with Crippen molar-refractivity contribution in [2.75, 3.05) is 25.5 Å². The standard InChI is InChI=1S/C33H39N6O11P/c1-2-3-4-26-37-31-32(38(26)19-21-18-22(40)6-8-25(21)50-51(45,46)47)23-7-5-20(17-24(23)36-33(31)34)13-15-48-16-14-35-27(41)9-12-30(44)49-39-28(42)10-11-29(39)43/h5-8,17-18,40H,2-4,9-16,19H2,1H3,(H2,34,36)(H,35,41)(H2,45,46,47). The predicted octanol–water partition coefficient (Wildman–Crippen LogP) is 2.80. The Morgan fingerprint density at radius 3 is 2.51 bits per heavy atom. The number of nitrogens with one attached hydrogen (secondary N) is 1. The van der Waals surface area contributed by atoms with E-state index < -0.39 is 31.5 Å². The molecule has 3 amide bonds. The van der Waals surface area contributed by atoms with E-state index >= 15 is 0 Å². The van der Waals surface area contributed by atoms with E-state index in [2.05, 4.69) is 17.2 Å². The SMILES string of the molecule is CCCCc1nc2c(N)nc3cc(CCOCCNC(=O)CCC(=O)ON4C(=O)CCC4=O)ccc3c2n1Cc1cc(O)ccc1OP(=O)(O)O. The molecule has 1 aliphatic rings. The molecule has 6 N–H and O–H groups in total. The van der Waals surface area contributed by atoms with Gasteiger partial charge in [0.05, 0.1) is 37.2 Å². The van der Waals surface area contributed by atoms with E-state index in [1.54, 1.807) is 0 Å². The van der Waals surface area contributed by atoms with Crippen molar-refractivity contribution < 1.29 is 52.7 Å². The van der Waals surface area contributed by atoms with Gasteiger partial charge < -0.3 is 34.8 Å². The average Bonchev–Trinajstić information content (AvgIpc) is 3.60. The Morgan fingerprint density at radius 1 is 1.02 bits per heavy atom. The van der Waals surface area contributed by atoms with E-state index in [0.717, 1.165) is 23.8 Å². The molecule has 0 atom stereocenters. The average molecular weight is 727 g/mol. The summed E-state index contributed by atoms with van der Waals surface area (Å²) in [5, 5.41) is 14.0. The van der Waals surface area contributed by atoms with Crippen molar-refractivity contribution in [3.05, 3.63) is 53.3 Å². The highest BCUT2D eigenvalue weighted by atomic mass is 31.2. The summed E-state index contributed by atoms with van der Waals surface area (Å²) in [6.45, 7) is 2.89. The summed E-state index contributed by atoms with van der Waals surface area (Å²) in [7, 11) is -4.88. The van der Waals surface area contributed by atoms with Gasteiger partial charge in [-0.1, -0.05) is 25.5 Å². The van der Waals surface area contributed by atoms with Crippen LogP contribution in [0.3, 0.4) is 0 Å². The Bertz CT molecular complexity index is 1990. The first-order valence-electron chi connectivity index (χ1n) is 16.4. The van der Waals surface area contributed by atoms with Crippen molar-refractivity contribution in [3.63, 3.8) is 0 Å². The Morgan fingerprint density at radius 2 is 1.78 bits per heavy atom. The van der Waals surface area contributed by atoms with Gasteiger partial charge in [0.15, 0.2) is 5.82 Å². The van der Waals surface area contributed by atoms with Gasteiger partial charge in [0.1, 0.15) is 22.8 Å². The number of fused-ring (bicyclic) bond motifs is 3. The molecule has 1 saturated heterocycles. The lowest BCUT2D eigenvalue weighted by molar-refractivity contribution is -0.197. The molecule has 0 aliphatic carbocycles. The second kappa shape index (κ2) is 16.3. The van der Waals surface area contributed by atoms with Gasteiger partial charge in [-0.3, -0.25) is 24.2 Å². The quantitative estimate of drug-likeness (QED) is 0.0597. The third-order valence-corrected chi connectivity index (χ3v) is 8.48. The van der Waals surface area contributed by atoms with Gasteiger partial charge in [-0.25, -0.2) is 19.3 Å². The van der Waals surface area contributed by atoms with E-state index in [1.807, 2.05) is 22.8 Å². The Balaban J connectivity index is 1.21. The molecule has 1 aliphatic heterocycles. The zero-order valence-corrected chi connectivity index (χ0v) is 28.8. The fourth-order valence-electron chi connectivity index (χ4n) is 5.60. The molecule has 2 aromatic carbocycles. The minimum atomic E-state index is -4.88. The molecule has 17 nitrogen and oxygen atoms in total. The number of rotatable bonds is 17. The topological polar surface area (TPSA) is 246 Å². The zero-order valence-electron chi connectivity index (χ0n) is 27.9. The van der Waals surface area contributed by atoms with Crippen molar-refractivity contribution in [3.8, 4) is 11.5 Å². The molecule has 18 heteroatoms. The number of aromatic hydroxyl groups is 1. The molecule has 5 rings (SSSR count). The number of nitrogens with two attached hydrogens (primary N) is 1. The Hall–Kier alpha value is -5.09. The number of imidazole rings is 1. The number of unbranched alkanes of at least 4 members (excludes halogenated alkanes) is 1. The molecule has 1 fully saturated rings. The number of imide groups is 1. The van der Waals surface area contributed by atoms with Crippen molar-refractivity contribution in [1.29, 1.82) is 0 Å². The van der Waals surface area contributed by atoms with Crippen LogP contribution in [0.5, 0.6) is 11.5 Å². The summed E-state index contributed by atoms with van der Waals surface area (Å²) in [5.41, 5.74) is 9.42. The van der Waals surface area contributed by atoms with E-state index in [0.29, 0.717) is 52.4 Å². The molecule has 2 aromatic heterocycles. The number of nitrogen functional groups attached to an aromatic ring is 1. The fraction of sp³-hybridized carbons (Fsp3) is 0.394. The fourth-order valence-corrected chi connectivity index (χ4v) is 6.03. The maximum atomic E-state index is 12.1. The predicted molar refractivity (Wildman–Crippen MR) is 182 cm³/mol. The van der Waals surface area contributed by atoms with Gasteiger partial charge in [0.25, 0.3) is 11.8 Å². The van der Waals surface area contributed by atoms with E-state index in [4.69, 9.17) is 24.8 Å². The van der Waals surface area contributed by atoms with Crippen molar-refractivity contribution >= 4 is 59.3 Å². The van der Waals surface area contributed by atoms with E-state index in [1.165, 1.54) is 18.2 Å². The van der Waals surface area contributed by atoms with Crippen LogP contribution in [0.4, 0.5) is 5.82 Å². The minimum absolute atomic E-state index is 0.0119. The molecule has 0 saturated carbocycles. The molecule has 272 valence electrons. The highest BCUT2D eigenvalue weighted by Crippen LogP contribution is 2.41. The van der Waals surface area contributed by atoms with Crippen LogP contribution in [0.25, 0.3) is 21.9 Å². The van der Waals surface area contributed by atoms with Crippen molar-refractivity contribution in [2.45, 2.75) is 64.8 Å². The van der Waals surface area contributed by atoms with Crippen LogP contribution in [0.2, 0.25) is 0 Å². The molecule has 0 bridgehead atoms. The smallest absolute Gasteiger partial charge is 0.508 e. The second-order valence-electron chi connectivity index (χ2n) is 11.9. The normalized spacial score (nSPS) is 13.4. The highest BCUT2D eigenvalue weighted by Gasteiger charge is 2.32. The number of amides is 3. The third-order valence-electron chi connectivity index (χ3n) is 8.05. The number of phosphoric acid groups is 1. The van der Waals surface area contributed by atoms with Gasteiger partial charge in [-0.15, -0.1) is 5.06 Å². The number of hydrogen-bond donors (Lipinski definition) is 5. The van der Waals surface area contributed by atoms with Gasteiger partial charge in [0, 0.05) is 43.2 Å². The van der Waals surface area contributed by atoms with Crippen LogP contribution in [-0.4, -0.2) is 77.9 Å². The van der Waals surface area contributed by atoms with Gasteiger partial charge in [-0.2, -0.15) is 0 Å². The highest BCUT2D eigenvalue weighted by molar-refractivity contribution is 7.46. The van der Waals surface area contributed by atoms with Crippen LogP contribution in [0.1, 0.15) is 62.4 Å². The van der Waals surface area contributed by atoms with Crippen LogP contribution >= 0.6 is 7.82 Å². The summed E-state index contributed by atoms with van der Waals surface area (Å²) in [6.07, 6.45) is 2.36. The molecule has 51 heavy (non-hydrogen) atoms. The van der Waals surface area contributed by atoms with Crippen LogP contribution in [0, 0.1) is 0 Å². The van der Waals surface area contributed by atoms with Crippen LogP contribution in [-0.2, 0) is 52.7 Å². The first kappa shape index (κ1) is 37.2. The number of aryl methyl sites for hydroxylation is 1. The number of hydroxylamine groups is 2. The maximum Gasteiger partial charge on any atom is 0.524 e. The number of ether oxygens (including phenoxy) is 1. The summed E-state index contributed by atoms with van der Waals surface area (Å²) in [6, 6.07) is 9.68. The molecule has 3 heterocycles. The number of benzene rings is 2. The number of carbonyl (C=O) groups excluding carboxylic acids is 4. The number of carbonyl (C=O) groups is 4. The number of phenolic OH excluding ortho intramolecular Hbond substituents is 1. The molecule has 0 unspecified atom stereocenters. The first-order chi connectivity index (χ1) is 24.3. The van der Waals surface area contributed by atoms with Crippen molar-refractivity contribution in [2.24, 2.45) is 0 Å². The summed E-state index contributed by atoms with van der Waals surface area (Å²) in [4.78, 5) is 80.1. The van der Waals surface area contributed by atoms with E-state index in [9.17, 15) is 38.6 Å². The van der Waals surface area contributed by atoms with Crippen LogP contribution in [0.15, 0.2) is 36.4 Å². The van der Waals surface area contributed by atoms with Crippen LogP contribution < -0.4 is 15.6 Å². The molecular formula is C33H39N6O11P. The number of pyridine rings is 1. The summed E-state index contributed by atoms with van der Waals surface area (Å²) < 4.78 is 24.2. The lowest BCUT2D eigenvalue weighted by atomic mass is 10.1. The lowest BCUT2D eigenvalue weighted by Gasteiger charge is -2.16. The summed E-state index contributed by atoms with van der Waals surface area (Å²) in [5.74, 6) is -1.70. The second-order valence-corrected chi connectivity index (χ2v) is 13.1. The number of aromatic nitrogens is 3. The number of phosphoric ester groups is 1. The molecule has 4 aromatic rings. The number of hydrogen-bond acceptors (Lipinski definition) is 12. The largest absolute Gasteiger partial charge is 0.524 e. The monoisotopic (exact) mass is 726 g/mol. The maximum absolute atomic E-state index is 12.1. The van der Waals surface area contributed by atoms with Crippen molar-refractivity contribution in [1.82, 2.24) is 24.9 Å². The summed E-state index contributed by atoms with van der Waals surface area (Å²) >= 11 is 0. The number of phenols is 1. The van der Waals surface area contributed by atoms with Gasteiger partial charge in [0.2, 0.25) is 5.91 Å². The third kappa shape index (κ3) is 9.58. The Kier molecular flexibility index (Phi) is 11.9. The lowest BCUT2D eigenvalue weighted by Crippen LogP contribution is -2.33. The molecule has 0 spiro atoms. The Labute approximate surface area is 291 Å². The molecular weight excluding hydrogens is 687 g/mol. The van der Waals surface area contributed by atoms with Gasteiger partial charge in [-0.05, 0) is 42.7 Å². The number of anilines is 1. The first-order valence-corrected chi connectivity index (χ1v) is 17.9.